The van der Waals surface area contributed by atoms with Crippen LogP contribution in [0.2, 0.25) is 0 Å². The number of morpholine rings is 1. The fourth-order valence-corrected chi connectivity index (χ4v) is 5.72. The minimum atomic E-state index is -3.85. The van der Waals surface area contributed by atoms with Crippen molar-refractivity contribution in [2.24, 2.45) is 14.1 Å². The maximum Gasteiger partial charge on any atom is 0.328 e. The van der Waals surface area contributed by atoms with Crippen LogP contribution in [0.1, 0.15) is 12.8 Å². The van der Waals surface area contributed by atoms with E-state index < -0.39 is 16.1 Å². The molecule has 28 heavy (non-hydrogen) atoms. The van der Waals surface area contributed by atoms with E-state index in [0.29, 0.717) is 56.7 Å². The van der Waals surface area contributed by atoms with Crippen LogP contribution in [-0.4, -0.2) is 71.6 Å². The van der Waals surface area contributed by atoms with E-state index in [2.05, 4.69) is 0 Å². The van der Waals surface area contributed by atoms with Crippen LogP contribution >= 0.6 is 0 Å². The van der Waals surface area contributed by atoms with Crippen LogP contribution in [0.5, 0.6) is 0 Å². The molecule has 0 aliphatic carbocycles. The first-order valence-electron chi connectivity index (χ1n) is 9.36. The molecule has 0 radical (unpaired) electrons. The predicted octanol–water partition coefficient (Wildman–Crippen LogP) is -0.111. The molecule has 9 nitrogen and oxygen atoms in total. The summed E-state index contributed by atoms with van der Waals surface area (Å²) in [7, 11) is -0.591. The Bertz CT molecular complexity index is 1080. The van der Waals surface area contributed by atoms with Gasteiger partial charge in [-0.25, -0.2) is 13.2 Å². The molecule has 1 aromatic heterocycles. The predicted molar refractivity (Wildman–Crippen MR) is 102 cm³/mol. The number of imidazole rings is 1. The van der Waals surface area contributed by atoms with E-state index in [-0.39, 0.29) is 16.5 Å². The molecule has 3 heterocycles. The number of sulfonamides is 1. The summed E-state index contributed by atoms with van der Waals surface area (Å²) in [5, 5.41) is 0. The van der Waals surface area contributed by atoms with Crippen molar-refractivity contribution in [2.75, 3.05) is 32.8 Å². The summed E-state index contributed by atoms with van der Waals surface area (Å²) in [4.78, 5) is 26.8. The Hall–Kier alpha value is -2.17. The summed E-state index contributed by atoms with van der Waals surface area (Å²) in [5.41, 5.74) is 0.990. The number of amides is 1. The normalized spacial score (nSPS) is 21.5. The molecule has 0 bridgehead atoms. The van der Waals surface area contributed by atoms with Crippen molar-refractivity contribution in [1.29, 1.82) is 0 Å². The highest BCUT2D eigenvalue weighted by Gasteiger charge is 2.41. The highest BCUT2D eigenvalue weighted by molar-refractivity contribution is 7.89. The molecule has 1 amide bonds. The van der Waals surface area contributed by atoms with Gasteiger partial charge in [-0.3, -0.25) is 13.9 Å². The highest BCUT2D eigenvalue weighted by Crippen LogP contribution is 2.29. The molecule has 1 aromatic carbocycles. The quantitative estimate of drug-likeness (QED) is 0.706. The van der Waals surface area contributed by atoms with Crippen LogP contribution in [0.15, 0.2) is 27.9 Å². The lowest BCUT2D eigenvalue weighted by atomic mass is 10.2. The van der Waals surface area contributed by atoms with Gasteiger partial charge >= 0.3 is 5.69 Å². The third kappa shape index (κ3) is 2.96. The number of carbonyl (C=O) groups is 1. The van der Waals surface area contributed by atoms with Gasteiger partial charge in [0, 0.05) is 33.7 Å². The number of carbonyl (C=O) groups excluding carboxylic acids is 1. The van der Waals surface area contributed by atoms with Crippen LogP contribution in [-0.2, 0) is 33.7 Å². The van der Waals surface area contributed by atoms with Crippen LogP contribution in [0.3, 0.4) is 0 Å². The second-order valence-corrected chi connectivity index (χ2v) is 9.15. The maximum atomic E-state index is 13.3. The van der Waals surface area contributed by atoms with Gasteiger partial charge in [0.05, 0.1) is 29.1 Å². The monoisotopic (exact) mass is 408 g/mol. The molecule has 2 aliphatic rings. The van der Waals surface area contributed by atoms with Gasteiger partial charge in [0.15, 0.2) is 0 Å². The van der Waals surface area contributed by atoms with Gasteiger partial charge < -0.3 is 9.64 Å². The zero-order valence-electron chi connectivity index (χ0n) is 16.0. The first-order valence-corrected chi connectivity index (χ1v) is 10.8. The summed E-state index contributed by atoms with van der Waals surface area (Å²) >= 11 is 0. The lowest BCUT2D eigenvalue weighted by Crippen LogP contribution is -2.50. The SMILES string of the molecule is Cn1c(=O)n(C)c2cc(S(=O)(=O)N3CCCC3C(=O)N3CCOCC3)ccc21. The fourth-order valence-electron chi connectivity index (χ4n) is 4.05. The Morgan fingerprint density at radius 1 is 1.07 bits per heavy atom. The molecule has 1 unspecified atom stereocenters. The van der Waals surface area contributed by atoms with Crippen molar-refractivity contribution >= 4 is 27.0 Å². The van der Waals surface area contributed by atoms with Gasteiger partial charge in [0.1, 0.15) is 6.04 Å². The third-order valence-electron chi connectivity index (χ3n) is 5.66. The summed E-state index contributed by atoms with van der Waals surface area (Å²) in [6.45, 7) is 2.24. The molecular formula is C18H24N4O5S. The average Bonchev–Trinajstić information content (AvgIpc) is 3.29. The second kappa shape index (κ2) is 7.02. The number of fused-ring (bicyclic) bond motifs is 1. The standard InChI is InChI=1S/C18H24N4O5S/c1-19-14-6-5-13(12-16(14)20(2)18(19)24)28(25,26)22-7-3-4-15(22)17(23)21-8-10-27-11-9-21/h5-6,12,15H,3-4,7-11H2,1-2H3. The molecular weight excluding hydrogens is 384 g/mol. The van der Waals surface area contributed by atoms with Gasteiger partial charge in [0.25, 0.3) is 0 Å². The molecule has 0 N–H and O–H groups in total. The summed E-state index contributed by atoms with van der Waals surface area (Å²) < 4.78 is 36.1. The lowest BCUT2D eigenvalue weighted by Gasteiger charge is -2.32. The number of ether oxygens (including phenoxy) is 1. The average molecular weight is 408 g/mol. The zero-order valence-corrected chi connectivity index (χ0v) is 16.8. The number of rotatable bonds is 3. The van der Waals surface area contributed by atoms with Crippen LogP contribution in [0, 0.1) is 0 Å². The molecule has 2 aromatic rings. The molecule has 2 saturated heterocycles. The largest absolute Gasteiger partial charge is 0.378 e. The van der Waals surface area contributed by atoms with E-state index in [1.54, 1.807) is 25.1 Å². The number of aryl methyl sites for hydroxylation is 2. The Morgan fingerprint density at radius 2 is 1.75 bits per heavy atom. The van der Waals surface area contributed by atoms with Crippen molar-refractivity contribution in [3.63, 3.8) is 0 Å². The molecule has 4 rings (SSSR count). The lowest BCUT2D eigenvalue weighted by molar-refractivity contribution is -0.138. The zero-order chi connectivity index (χ0) is 20.1. The van der Waals surface area contributed by atoms with Gasteiger partial charge in [-0.15, -0.1) is 0 Å². The van der Waals surface area contributed by atoms with Crippen LogP contribution in [0.25, 0.3) is 11.0 Å². The number of hydrogen-bond acceptors (Lipinski definition) is 5. The number of nitrogens with zero attached hydrogens (tertiary/aromatic N) is 4. The van der Waals surface area contributed by atoms with E-state index in [9.17, 15) is 18.0 Å². The van der Waals surface area contributed by atoms with E-state index in [0.717, 1.165) is 0 Å². The van der Waals surface area contributed by atoms with Crippen LogP contribution < -0.4 is 5.69 Å². The number of aromatic nitrogens is 2. The van der Waals surface area contributed by atoms with Gasteiger partial charge in [-0.2, -0.15) is 4.31 Å². The summed E-state index contributed by atoms with van der Waals surface area (Å²) in [6.07, 6.45) is 1.16. The molecule has 2 fully saturated rings. The second-order valence-electron chi connectivity index (χ2n) is 7.26. The minimum absolute atomic E-state index is 0.0999. The van der Waals surface area contributed by atoms with Crippen molar-refractivity contribution in [1.82, 2.24) is 18.3 Å². The molecule has 10 heteroatoms. The number of hydrogen-bond donors (Lipinski definition) is 0. The Balaban J connectivity index is 1.69. The molecule has 2 aliphatic heterocycles. The smallest absolute Gasteiger partial charge is 0.328 e. The third-order valence-corrected chi connectivity index (χ3v) is 7.57. The van der Waals surface area contributed by atoms with Gasteiger partial charge in [0.2, 0.25) is 15.9 Å². The summed E-state index contributed by atoms with van der Waals surface area (Å²) in [6, 6.07) is 3.98. The van der Waals surface area contributed by atoms with Crippen LogP contribution in [0.4, 0.5) is 0 Å². The number of benzene rings is 1. The van der Waals surface area contributed by atoms with Gasteiger partial charge in [-0.1, -0.05) is 0 Å². The first-order chi connectivity index (χ1) is 13.3. The van der Waals surface area contributed by atoms with E-state index in [1.807, 2.05) is 0 Å². The van der Waals surface area contributed by atoms with E-state index in [4.69, 9.17) is 4.74 Å². The first kappa shape index (κ1) is 19.2. The molecule has 152 valence electrons. The highest BCUT2D eigenvalue weighted by atomic mass is 32.2. The minimum Gasteiger partial charge on any atom is -0.378 e. The van der Waals surface area contributed by atoms with Crippen molar-refractivity contribution in [2.45, 2.75) is 23.8 Å². The molecule has 1 atom stereocenters. The van der Waals surface area contributed by atoms with Gasteiger partial charge in [-0.05, 0) is 31.0 Å². The summed E-state index contributed by atoms with van der Waals surface area (Å²) in [5.74, 6) is -0.155. The molecule has 0 spiro atoms. The maximum absolute atomic E-state index is 13.3. The molecule has 0 saturated carbocycles. The van der Waals surface area contributed by atoms with E-state index >= 15 is 0 Å². The topological polar surface area (TPSA) is 93.8 Å². The Morgan fingerprint density at radius 3 is 2.46 bits per heavy atom. The van der Waals surface area contributed by atoms with E-state index in [1.165, 1.54) is 25.6 Å². The fraction of sp³-hybridized carbons (Fsp3) is 0.556. The van der Waals surface area contributed by atoms with Crippen molar-refractivity contribution < 1.29 is 17.9 Å². The van der Waals surface area contributed by atoms with Crippen molar-refractivity contribution in [3.8, 4) is 0 Å². The Labute approximate surface area is 163 Å². The Kier molecular flexibility index (Phi) is 4.80. The van der Waals surface area contributed by atoms with Crippen molar-refractivity contribution in [3.05, 3.63) is 28.7 Å².